The fraction of sp³-hybridized carbons (Fsp3) is 0.462. The zero-order valence-corrected chi connectivity index (χ0v) is 11.2. The van der Waals surface area contributed by atoms with Crippen LogP contribution in [0, 0.1) is 5.92 Å². The van der Waals surface area contributed by atoms with Gasteiger partial charge in [0, 0.05) is 23.8 Å². The molecule has 1 aromatic carbocycles. The number of nitrogens with two attached hydrogens (primary N) is 1. The number of benzene rings is 1. The predicted octanol–water partition coefficient (Wildman–Crippen LogP) is 1.48. The van der Waals surface area contributed by atoms with Crippen LogP contribution < -0.4 is 16.0 Å². The normalized spacial score (nSPS) is 19.2. The summed E-state index contributed by atoms with van der Waals surface area (Å²) in [7, 11) is 1.96. The second-order valence-electron chi connectivity index (χ2n) is 4.68. The third kappa shape index (κ3) is 2.76. The second kappa shape index (κ2) is 5.59. The SMILES string of the molecule is CNCC1CCN(c2ccc(Cl)cc2C(N)=O)C1. The molecular weight excluding hydrogens is 250 g/mol. The van der Waals surface area contributed by atoms with Crippen molar-refractivity contribution in [2.24, 2.45) is 11.7 Å². The molecule has 3 N–H and O–H groups in total. The van der Waals surface area contributed by atoms with Crippen LogP contribution in [0.25, 0.3) is 0 Å². The first-order chi connectivity index (χ1) is 8.61. The van der Waals surface area contributed by atoms with Crippen LogP contribution in [0.2, 0.25) is 5.02 Å². The molecule has 1 aromatic rings. The van der Waals surface area contributed by atoms with Crippen molar-refractivity contribution in [1.29, 1.82) is 0 Å². The number of carbonyl (C=O) groups excluding carboxylic acids is 1. The van der Waals surface area contributed by atoms with Crippen LogP contribution in [-0.4, -0.2) is 32.6 Å². The molecule has 1 atom stereocenters. The lowest BCUT2D eigenvalue weighted by atomic mass is 10.1. The van der Waals surface area contributed by atoms with E-state index in [2.05, 4.69) is 10.2 Å². The smallest absolute Gasteiger partial charge is 0.250 e. The molecule has 1 aliphatic rings. The Balaban J connectivity index is 2.21. The largest absolute Gasteiger partial charge is 0.371 e. The van der Waals surface area contributed by atoms with Gasteiger partial charge in [0.25, 0.3) is 5.91 Å². The van der Waals surface area contributed by atoms with Gasteiger partial charge in [0.2, 0.25) is 0 Å². The predicted molar refractivity (Wildman–Crippen MR) is 74.2 cm³/mol. The average Bonchev–Trinajstić information content (AvgIpc) is 2.78. The van der Waals surface area contributed by atoms with Crippen LogP contribution in [0.4, 0.5) is 5.69 Å². The fourth-order valence-corrected chi connectivity index (χ4v) is 2.66. The zero-order valence-electron chi connectivity index (χ0n) is 10.4. The van der Waals surface area contributed by atoms with Crippen LogP contribution in [0.1, 0.15) is 16.8 Å². The topological polar surface area (TPSA) is 58.4 Å². The average molecular weight is 268 g/mol. The fourth-order valence-electron chi connectivity index (χ4n) is 2.49. The highest BCUT2D eigenvalue weighted by atomic mass is 35.5. The first-order valence-electron chi connectivity index (χ1n) is 6.10. The summed E-state index contributed by atoms with van der Waals surface area (Å²) < 4.78 is 0. The van der Waals surface area contributed by atoms with Crippen LogP contribution in [0.3, 0.4) is 0 Å². The van der Waals surface area contributed by atoms with E-state index in [9.17, 15) is 4.79 Å². The number of nitrogens with one attached hydrogen (secondary N) is 1. The highest BCUT2D eigenvalue weighted by molar-refractivity contribution is 6.31. The molecule has 5 heteroatoms. The second-order valence-corrected chi connectivity index (χ2v) is 5.12. The maximum absolute atomic E-state index is 11.5. The van der Waals surface area contributed by atoms with Crippen molar-refractivity contribution in [3.63, 3.8) is 0 Å². The van der Waals surface area contributed by atoms with Gasteiger partial charge in [-0.25, -0.2) is 0 Å². The quantitative estimate of drug-likeness (QED) is 0.869. The lowest BCUT2D eigenvalue weighted by Gasteiger charge is -2.21. The lowest BCUT2D eigenvalue weighted by molar-refractivity contribution is 0.100. The van der Waals surface area contributed by atoms with Crippen molar-refractivity contribution in [2.45, 2.75) is 6.42 Å². The molecule has 1 aliphatic heterocycles. The van der Waals surface area contributed by atoms with Gasteiger partial charge in [-0.3, -0.25) is 4.79 Å². The minimum Gasteiger partial charge on any atom is -0.371 e. The number of hydrogen-bond acceptors (Lipinski definition) is 3. The molecule has 0 spiro atoms. The third-order valence-corrected chi connectivity index (χ3v) is 3.58. The minimum atomic E-state index is -0.426. The highest BCUT2D eigenvalue weighted by Crippen LogP contribution is 2.28. The maximum atomic E-state index is 11.5. The van der Waals surface area contributed by atoms with Gasteiger partial charge in [-0.2, -0.15) is 0 Å². The molecule has 1 amide bonds. The molecule has 1 unspecified atom stereocenters. The summed E-state index contributed by atoms with van der Waals surface area (Å²) in [6.07, 6.45) is 1.13. The number of halogens is 1. The summed E-state index contributed by atoms with van der Waals surface area (Å²) in [6, 6.07) is 5.32. The maximum Gasteiger partial charge on any atom is 0.250 e. The van der Waals surface area contributed by atoms with Crippen molar-refractivity contribution in [3.05, 3.63) is 28.8 Å². The molecule has 0 bridgehead atoms. The van der Waals surface area contributed by atoms with E-state index in [1.165, 1.54) is 0 Å². The first kappa shape index (κ1) is 13.2. The first-order valence-corrected chi connectivity index (χ1v) is 6.48. The number of hydrogen-bond donors (Lipinski definition) is 2. The number of primary amides is 1. The Hall–Kier alpha value is -1.26. The van der Waals surface area contributed by atoms with E-state index in [0.717, 1.165) is 31.7 Å². The molecule has 1 saturated heterocycles. The Bertz CT molecular complexity index is 450. The standard InChI is InChI=1S/C13H18ClN3O/c1-16-7-9-4-5-17(8-9)12-3-2-10(14)6-11(12)13(15)18/h2-3,6,9,16H,4-5,7-8H2,1H3,(H2,15,18). The van der Waals surface area contributed by atoms with E-state index in [1.807, 2.05) is 13.1 Å². The van der Waals surface area contributed by atoms with Gasteiger partial charge < -0.3 is 16.0 Å². The number of anilines is 1. The van der Waals surface area contributed by atoms with E-state index in [1.54, 1.807) is 12.1 Å². The number of nitrogens with zero attached hydrogens (tertiary/aromatic N) is 1. The summed E-state index contributed by atoms with van der Waals surface area (Å²) in [6.45, 7) is 2.90. The lowest BCUT2D eigenvalue weighted by Crippen LogP contribution is -2.26. The van der Waals surface area contributed by atoms with Crippen molar-refractivity contribution in [3.8, 4) is 0 Å². The van der Waals surface area contributed by atoms with Gasteiger partial charge >= 0.3 is 0 Å². The Labute approximate surface area is 112 Å². The Morgan fingerprint density at radius 1 is 1.61 bits per heavy atom. The number of rotatable bonds is 4. The summed E-state index contributed by atoms with van der Waals surface area (Å²) >= 11 is 5.91. The Morgan fingerprint density at radius 3 is 3.06 bits per heavy atom. The summed E-state index contributed by atoms with van der Waals surface area (Å²) in [5, 5.41) is 3.73. The van der Waals surface area contributed by atoms with Crippen molar-refractivity contribution >= 4 is 23.2 Å². The van der Waals surface area contributed by atoms with Gasteiger partial charge in [0.15, 0.2) is 0 Å². The Morgan fingerprint density at radius 2 is 2.39 bits per heavy atom. The summed E-state index contributed by atoms with van der Waals surface area (Å²) in [5.41, 5.74) is 6.81. The van der Waals surface area contributed by atoms with Gasteiger partial charge in [0.1, 0.15) is 0 Å². The van der Waals surface area contributed by atoms with Crippen LogP contribution >= 0.6 is 11.6 Å². The molecule has 1 fully saturated rings. The van der Waals surface area contributed by atoms with Crippen LogP contribution in [-0.2, 0) is 0 Å². The van der Waals surface area contributed by atoms with Gasteiger partial charge in [0.05, 0.1) is 5.56 Å². The van der Waals surface area contributed by atoms with E-state index >= 15 is 0 Å². The molecule has 0 radical (unpaired) electrons. The molecular formula is C13H18ClN3O. The van der Waals surface area contributed by atoms with E-state index in [-0.39, 0.29) is 0 Å². The molecule has 1 heterocycles. The molecule has 98 valence electrons. The number of amides is 1. The van der Waals surface area contributed by atoms with E-state index in [4.69, 9.17) is 17.3 Å². The van der Waals surface area contributed by atoms with E-state index in [0.29, 0.717) is 16.5 Å². The molecule has 2 rings (SSSR count). The molecule has 4 nitrogen and oxygen atoms in total. The zero-order chi connectivity index (χ0) is 13.1. The monoisotopic (exact) mass is 267 g/mol. The molecule has 0 aliphatic carbocycles. The minimum absolute atomic E-state index is 0.426. The number of carbonyl (C=O) groups is 1. The van der Waals surface area contributed by atoms with Gasteiger partial charge in [-0.15, -0.1) is 0 Å². The van der Waals surface area contributed by atoms with Crippen molar-refractivity contribution in [1.82, 2.24) is 5.32 Å². The van der Waals surface area contributed by atoms with Gasteiger partial charge in [-0.05, 0) is 44.1 Å². The molecule has 18 heavy (non-hydrogen) atoms. The van der Waals surface area contributed by atoms with E-state index < -0.39 is 5.91 Å². The van der Waals surface area contributed by atoms with Crippen LogP contribution in [0.15, 0.2) is 18.2 Å². The van der Waals surface area contributed by atoms with Gasteiger partial charge in [-0.1, -0.05) is 11.6 Å². The third-order valence-electron chi connectivity index (χ3n) is 3.34. The highest BCUT2D eigenvalue weighted by Gasteiger charge is 2.24. The molecule has 0 saturated carbocycles. The van der Waals surface area contributed by atoms with Crippen molar-refractivity contribution in [2.75, 3.05) is 31.6 Å². The Kier molecular flexibility index (Phi) is 4.09. The molecule has 0 aromatic heterocycles. The van der Waals surface area contributed by atoms with Crippen molar-refractivity contribution < 1.29 is 4.79 Å². The van der Waals surface area contributed by atoms with Crippen LogP contribution in [0.5, 0.6) is 0 Å². The summed E-state index contributed by atoms with van der Waals surface area (Å²) in [4.78, 5) is 13.7. The summed E-state index contributed by atoms with van der Waals surface area (Å²) in [5.74, 6) is 0.191.